The number of ether oxygens (including phenoxy) is 3. The molecule has 7 nitrogen and oxygen atoms in total. The van der Waals surface area contributed by atoms with Crippen molar-refractivity contribution in [1.82, 2.24) is 0 Å². The topological polar surface area (TPSA) is 109 Å². The van der Waals surface area contributed by atoms with E-state index < -0.39 is 36.3 Å². The van der Waals surface area contributed by atoms with Crippen molar-refractivity contribution in [2.45, 2.75) is 43.0 Å². The van der Waals surface area contributed by atoms with Gasteiger partial charge in [0, 0.05) is 10.6 Å². The molecule has 0 unspecified atom stereocenters. The highest BCUT2D eigenvalue weighted by Gasteiger charge is 2.67. The molecule has 0 saturated carbocycles. The Morgan fingerprint density at radius 3 is 2.50 bits per heavy atom. The molecule has 2 saturated heterocycles. The highest BCUT2D eigenvalue weighted by molar-refractivity contribution is 6.31. The second kappa shape index (κ2) is 8.09. The SMILES string of the molecule is CCOc1ccc(Cc2cc([C@]34OC[C@@](CO)(O3)[C@@H](O)[C@H](O)[C@H]4O)ccc2Cl)cc1. The molecule has 0 amide bonds. The van der Waals surface area contributed by atoms with Crippen LogP contribution < -0.4 is 4.74 Å². The van der Waals surface area contributed by atoms with E-state index in [9.17, 15) is 20.4 Å². The van der Waals surface area contributed by atoms with Crippen molar-refractivity contribution in [3.8, 4) is 5.75 Å². The summed E-state index contributed by atoms with van der Waals surface area (Å²) < 4.78 is 17.1. The van der Waals surface area contributed by atoms with Gasteiger partial charge < -0.3 is 34.6 Å². The molecular weight excluding hydrogens is 412 g/mol. The Morgan fingerprint density at radius 2 is 1.83 bits per heavy atom. The maximum atomic E-state index is 10.7. The lowest BCUT2D eigenvalue weighted by Crippen LogP contribution is -2.65. The van der Waals surface area contributed by atoms with E-state index >= 15 is 0 Å². The van der Waals surface area contributed by atoms with Gasteiger partial charge in [0.1, 0.15) is 29.7 Å². The summed E-state index contributed by atoms with van der Waals surface area (Å²) in [5.41, 5.74) is 0.719. The Bertz CT molecular complexity index is 905. The fourth-order valence-corrected chi connectivity index (χ4v) is 4.28. The molecule has 0 aromatic heterocycles. The summed E-state index contributed by atoms with van der Waals surface area (Å²) in [6.07, 6.45) is -4.06. The van der Waals surface area contributed by atoms with E-state index in [4.69, 9.17) is 25.8 Å². The Labute approximate surface area is 179 Å². The van der Waals surface area contributed by atoms with E-state index in [1.165, 1.54) is 0 Å². The zero-order valence-corrected chi connectivity index (χ0v) is 17.2. The lowest BCUT2D eigenvalue weighted by atomic mass is 9.83. The van der Waals surface area contributed by atoms with Crippen LogP contribution >= 0.6 is 11.6 Å². The van der Waals surface area contributed by atoms with Gasteiger partial charge in [-0.1, -0.05) is 29.8 Å². The molecule has 2 aromatic carbocycles. The van der Waals surface area contributed by atoms with Crippen molar-refractivity contribution in [3.63, 3.8) is 0 Å². The summed E-state index contributed by atoms with van der Waals surface area (Å²) in [6.45, 7) is 1.78. The van der Waals surface area contributed by atoms with E-state index in [0.717, 1.165) is 16.9 Å². The van der Waals surface area contributed by atoms with Crippen molar-refractivity contribution < 1.29 is 34.6 Å². The van der Waals surface area contributed by atoms with Gasteiger partial charge in [-0.05, 0) is 48.7 Å². The minimum atomic E-state index is -1.71. The molecule has 162 valence electrons. The van der Waals surface area contributed by atoms with Gasteiger partial charge >= 0.3 is 0 Å². The first kappa shape index (κ1) is 21.5. The van der Waals surface area contributed by atoms with E-state index in [0.29, 0.717) is 23.6 Å². The fourth-order valence-electron chi connectivity index (χ4n) is 4.09. The highest BCUT2D eigenvalue weighted by atomic mass is 35.5. The lowest BCUT2D eigenvalue weighted by molar-refractivity contribution is -0.329. The smallest absolute Gasteiger partial charge is 0.225 e. The van der Waals surface area contributed by atoms with Crippen LogP contribution in [0, 0.1) is 0 Å². The molecular formula is C22H25ClO7. The minimum Gasteiger partial charge on any atom is -0.494 e. The van der Waals surface area contributed by atoms with Crippen molar-refractivity contribution in [1.29, 1.82) is 0 Å². The quantitative estimate of drug-likeness (QED) is 0.541. The number of halogens is 1. The van der Waals surface area contributed by atoms with Gasteiger partial charge in [-0.25, -0.2) is 0 Å². The van der Waals surface area contributed by atoms with Crippen LogP contribution in [0.4, 0.5) is 0 Å². The first-order chi connectivity index (χ1) is 14.3. The van der Waals surface area contributed by atoms with Crippen LogP contribution in [-0.2, 0) is 21.7 Å². The van der Waals surface area contributed by atoms with Crippen LogP contribution in [0.2, 0.25) is 5.02 Å². The molecule has 0 spiro atoms. The molecule has 2 aromatic rings. The van der Waals surface area contributed by atoms with Crippen molar-refractivity contribution in [2.24, 2.45) is 0 Å². The average molecular weight is 437 g/mol. The summed E-state index contributed by atoms with van der Waals surface area (Å²) in [7, 11) is 0. The van der Waals surface area contributed by atoms with Gasteiger partial charge in [-0.3, -0.25) is 0 Å². The van der Waals surface area contributed by atoms with Crippen LogP contribution in [-0.4, -0.2) is 64.2 Å². The maximum Gasteiger partial charge on any atom is 0.225 e. The molecule has 8 heteroatoms. The van der Waals surface area contributed by atoms with Gasteiger partial charge in [0.05, 0.1) is 19.8 Å². The zero-order valence-electron chi connectivity index (χ0n) is 16.5. The number of fused-ring (bicyclic) bond motifs is 2. The average Bonchev–Trinajstić information content (AvgIpc) is 3.14. The van der Waals surface area contributed by atoms with Crippen LogP contribution in [0.5, 0.6) is 5.75 Å². The summed E-state index contributed by atoms with van der Waals surface area (Å²) in [4.78, 5) is 0. The van der Waals surface area contributed by atoms with E-state index in [2.05, 4.69) is 0 Å². The Balaban J connectivity index is 1.66. The monoisotopic (exact) mass is 436 g/mol. The summed E-state index contributed by atoms with van der Waals surface area (Å²) >= 11 is 6.41. The third-order valence-corrected chi connectivity index (χ3v) is 6.17. The molecule has 4 N–H and O–H groups in total. The maximum absolute atomic E-state index is 10.7. The van der Waals surface area contributed by atoms with Crippen LogP contribution in [0.1, 0.15) is 23.6 Å². The molecule has 2 aliphatic heterocycles. The molecule has 0 aliphatic carbocycles. The Hall–Kier alpha value is -1.71. The van der Waals surface area contributed by atoms with Crippen LogP contribution in [0.25, 0.3) is 0 Å². The predicted octanol–water partition coefficient (Wildman–Crippen LogP) is 1.36. The van der Waals surface area contributed by atoms with E-state index in [1.807, 2.05) is 31.2 Å². The van der Waals surface area contributed by atoms with Gasteiger partial charge in [0.25, 0.3) is 0 Å². The molecule has 0 radical (unpaired) electrons. The largest absolute Gasteiger partial charge is 0.494 e. The van der Waals surface area contributed by atoms with Crippen LogP contribution in [0.3, 0.4) is 0 Å². The second-order valence-electron chi connectivity index (χ2n) is 7.72. The normalized spacial score (nSPS) is 32.9. The standard InChI is InChI=1S/C22H25ClO7/c1-2-28-16-6-3-13(4-7-16)9-14-10-15(5-8-17(14)23)22-20(27)18(25)19(26)21(11-24,30-22)12-29-22/h3-8,10,18-20,24-27H,2,9,11-12H2,1H3/t18-,19-,20+,21+,22-/m0/s1. The number of benzene rings is 2. The van der Waals surface area contributed by atoms with Crippen molar-refractivity contribution in [2.75, 3.05) is 19.8 Å². The summed E-state index contributed by atoms with van der Waals surface area (Å²) in [5.74, 6) is -0.925. The molecule has 4 rings (SSSR count). The number of aliphatic hydroxyl groups is 4. The van der Waals surface area contributed by atoms with Crippen LogP contribution in [0.15, 0.2) is 42.5 Å². The molecule has 2 heterocycles. The number of hydrogen-bond donors (Lipinski definition) is 4. The predicted molar refractivity (Wildman–Crippen MR) is 108 cm³/mol. The van der Waals surface area contributed by atoms with E-state index in [1.54, 1.807) is 18.2 Å². The molecule has 2 bridgehead atoms. The van der Waals surface area contributed by atoms with Gasteiger partial charge in [-0.2, -0.15) is 0 Å². The minimum absolute atomic E-state index is 0.171. The fraction of sp³-hybridized carbons (Fsp3) is 0.455. The first-order valence-corrected chi connectivity index (χ1v) is 10.2. The van der Waals surface area contributed by atoms with Gasteiger partial charge in [0.2, 0.25) is 5.79 Å². The van der Waals surface area contributed by atoms with Crippen molar-refractivity contribution in [3.05, 3.63) is 64.2 Å². The third-order valence-electron chi connectivity index (χ3n) is 5.81. The molecule has 5 atom stereocenters. The molecule has 30 heavy (non-hydrogen) atoms. The second-order valence-corrected chi connectivity index (χ2v) is 8.13. The van der Waals surface area contributed by atoms with Gasteiger partial charge in [0.15, 0.2) is 0 Å². The summed E-state index contributed by atoms with van der Waals surface area (Å²) in [5, 5.41) is 41.7. The third kappa shape index (κ3) is 3.40. The number of rotatable bonds is 6. The first-order valence-electron chi connectivity index (χ1n) is 9.85. The highest BCUT2D eigenvalue weighted by Crippen LogP contribution is 2.49. The number of aliphatic hydroxyl groups excluding tert-OH is 4. The molecule has 2 aliphatic rings. The number of hydrogen-bond acceptors (Lipinski definition) is 7. The Kier molecular flexibility index (Phi) is 5.80. The zero-order chi connectivity index (χ0) is 21.5. The summed E-state index contributed by atoms with van der Waals surface area (Å²) in [6, 6.07) is 12.7. The van der Waals surface area contributed by atoms with Crippen molar-refractivity contribution >= 4 is 11.6 Å². The molecule has 2 fully saturated rings. The van der Waals surface area contributed by atoms with Gasteiger partial charge in [-0.15, -0.1) is 0 Å². The van der Waals surface area contributed by atoms with E-state index in [-0.39, 0.29) is 6.61 Å². The Morgan fingerprint density at radius 1 is 1.10 bits per heavy atom. The lowest BCUT2D eigenvalue weighted by Gasteiger charge is -2.46.